The predicted octanol–water partition coefficient (Wildman–Crippen LogP) is 5.62. The monoisotopic (exact) mass is 477 g/mol. The molecule has 0 aliphatic heterocycles. The zero-order valence-electron chi connectivity index (χ0n) is 19.6. The summed E-state index contributed by atoms with van der Waals surface area (Å²) in [5.74, 6) is 0.313. The summed E-state index contributed by atoms with van der Waals surface area (Å²) in [5, 5.41) is 7.24. The highest BCUT2D eigenvalue weighted by Crippen LogP contribution is 2.41. The minimum absolute atomic E-state index is 0.0878. The van der Waals surface area contributed by atoms with Crippen LogP contribution < -0.4 is 10.6 Å². The van der Waals surface area contributed by atoms with Crippen LogP contribution >= 0.6 is 11.3 Å². The van der Waals surface area contributed by atoms with E-state index < -0.39 is 0 Å². The van der Waals surface area contributed by atoms with E-state index in [0.717, 1.165) is 51.5 Å². The number of hydrogen-bond donors (Lipinski definition) is 2. The van der Waals surface area contributed by atoms with E-state index in [1.807, 2.05) is 19.1 Å². The van der Waals surface area contributed by atoms with Gasteiger partial charge in [0.15, 0.2) is 0 Å². The third-order valence-corrected chi connectivity index (χ3v) is 6.83. The summed E-state index contributed by atoms with van der Waals surface area (Å²) in [7, 11) is 0. The molecule has 2 aromatic heterocycles. The lowest BCUT2D eigenvalue weighted by Crippen LogP contribution is -2.34. The molecule has 0 atom stereocenters. The molecule has 0 radical (unpaired) electrons. The molecule has 0 spiro atoms. The topological polar surface area (TPSA) is 70.2 Å². The predicted molar refractivity (Wildman–Crippen MR) is 137 cm³/mol. The van der Waals surface area contributed by atoms with Crippen LogP contribution in [0.3, 0.4) is 0 Å². The number of benzene rings is 2. The van der Waals surface area contributed by atoms with E-state index in [1.54, 1.807) is 35.6 Å². The van der Waals surface area contributed by atoms with Crippen molar-refractivity contribution in [1.29, 1.82) is 0 Å². The highest BCUT2D eigenvalue weighted by atomic mass is 32.1. The zero-order chi connectivity index (χ0) is 24.1. The molecule has 0 unspecified atom stereocenters. The van der Waals surface area contributed by atoms with Crippen LogP contribution in [-0.4, -0.2) is 47.0 Å². The van der Waals surface area contributed by atoms with Crippen LogP contribution in [0.4, 0.5) is 15.9 Å². The highest BCUT2D eigenvalue weighted by Gasteiger charge is 2.17. The molecule has 0 aliphatic rings. The maximum absolute atomic E-state index is 13.5. The van der Waals surface area contributed by atoms with Gasteiger partial charge in [-0.2, -0.15) is 0 Å². The Kier molecular flexibility index (Phi) is 7.49. The molecule has 8 heteroatoms. The molecular weight excluding hydrogens is 449 g/mol. The van der Waals surface area contributed by atoms with Gasteiger partial charge in [0.05, 0.1) is 5.39 Å². The first-order chi connectivity index (χ1) is 16.5. The molecule has 6 nitrogen and oxygen atoms in total. The fourth-order valence-electron chi connectivity index (χ4n) is 3.91. The molecule has 1 amide bonds. The highest BCUT2D eigenvalue weighted by molar-refractivity contribution is 7.19. The average molecular weight is 478 g/mol. The molecule has 0 fully saturated rings. The number of hydrogen-bond acceptors (Lipinski definition) is 6. The summed E-state index contributed by atoms with van der Waals surface area (Å²) in [5.41, 5.74) is 3.33. The van der Waals surface area contributed by atoms with Gasteiger partial charge >= 0.3 is 0 Å². The minimum Gasteiger partial charge on any atom is -0.351 e. The Morgan fingerprint density at radius 3 is 2.41 bits per heavy atom. The zero-order valence-corrected chi connectivity index (χ0v) is 20.4. The van der Waals surface area contributed by atoms with E-state index in [1.165, 1.54) is 18.5 Å². The summed E-state index contributed by atoms with van der Waals surface area (Å²) < 4.78 is 13.5. The quantitative estimate of drug-likeness (QED) is 0.327. The molecule has 2 heterocycles. The fraction of sp³-hybridized carbons (Fsp3) is 0.269. The normalized spacial score (nSPS) is 11.2. The van der Waals surface area contributed by atoms with E-state index in [0.29, 0.717) is 17.9 Å². The Labute approximate surface area is 202 Å². The van der Waals surface area contributed by atoms with Crippen molar-refractivity contribution in [3.05, 3.63) is 71.1 Å². The largest absolute Gasteiger partial charge is 0.351 e. The third-order valence-electron chi connectivity index (χ3n) is 5.82. The summed E-state index contributed by atoms with van der Waals surface area (Å²) >= 11 is 1.58. The van der Waals surface area contributed by atoms with Crippen molar-refractivity contribution in [3.63, 3.8) is 0 Å². The fourth-order valence-corrected chi connectivity index (χ4v) is 4.93. The lowest BCUT2D eigenvalue weighted by molar-refractivity contribution is 0.0949. The first-order valence-electron chi connectivity index (χ1n) is 11.4. The van der Waals surface area contributed by atoms with Crippen molar-refractivity contribution in [2.75, 3.05) is 31.5 Å². The number of nitrogens with one attached hydrogen (secondary N) is 2. The molecule has 0 bridgehead atoms. The minimum atomic E-state index is -0.271. The second-order valence-corrected chi connectivity index (χ2v) is 9.13. The lowest BCUT2D eigenvalue weighted by Gasteiger charge is -2.18. The van der Waals surface area contributed by atoms with Crippen molar-refractivity contribution in [2.45, 2.75) is 20.8 Å². The van der Waals surface area contributed by atoms with Gasteiger partial charge < -0.3 is 15.5 Å². The van der Waals surface area contributed by atoms with Gasteiger partial charge in [-0.25, -0.2) is 14.4 Å². The van der Waals surface area contributed by atoms with E-state index in [9.17, 15) is 9.18 Å². The van der Waals surface area contributed by atoms with Gasteiger partial charge in [-0.15, -0.1) is 11.3 Å². The molecule has 2 aromatic carbocycles. The smallest absolute Gasteiger partial charge is 0.251 e. The number of likely N-dealkylation sites (N-methyl/N-ethyl adjacent to an activating group) is 1. The number of fused-ring (bicyclic) bond motifs is 1. The van der Waals surface area contributed by atoms with Crippen molar-refractivity contribution in [3.8, 4) is 11.1 Å². The number of anilines is 2. The van der Waals surface area contributed by atoms with Crippen LogP contribution in [0.1, 0.15) is 29.1 Å². The Balaban J connectivity index is 1.53. The Hall–Kier alpha value is -3.36. The van der Waals surface area contributed by atoms with Crippen LogP contribution in [0.2, 0.25) is 0 Å². The SMILES string of the molecule is CCN(CC)CCNC(=O)c1ccc(Nc2ncnc3sc(C)c(-c4ccc(F)cc4)c23)cc1. The van der Waals surface area contributed by atoms with Gasteiger partial charge in [-0.1, -0.05) is 26.0 Å². The number of thiophene rings is 1. The van der Waals surface area contributed by atoms with Crippen molar-refractivity contribution in [2.24, 2.45) is 0 Å². The molecule has 4 rings (SSSR count). The molecule has 0 saturated heterocycles. The molecule has 0 saturated carbocycles. The maximum atomic E-state index is 13.5. The Morgan fingerprint density at radius 2 is 1.74 bits per heavy atom. The summed E-state index contributed by atoms with van der Waals surface area (Å²) in [4.78, 5) is 25.6. The van der Waals surface area contributed by atoms with Crippen molar-refractivity contribution < 1.29 is 9.18 Å². The van der Waals surface area contributed by atoms with Crippen LogP contribution in [0.15, 0.2) is 54.9 Å². The van der Waals surface area contributed by atoms with Gasteiger partial charge in [-0.3, -0.25) is 4.79 Å². The van der Waals surface area contributed by atoms with Crippen LogP contribution in [-0.2, 0) is 0 Å². The second kappa shape index (κ2) is 10.7. The number of carbonyl (C=O) groups excluding carboxylic acids is 1. The van der Waals surface area contributed by atoms with Crippen LogP contribution in [0, 0.1) is 12.7 Å². The van der Waals surface area contributed by atoms with E-state index in [2.05, 4.69) is 39.3 Å². The van der Waals surface area contributed by atoms with Gasteiger partial charge in [-0.05, 0) is 62.0 Å². The van der Waals surface area contributed by atoms with Crippen LogP contribution in [0.5, 0.6) is 0 Å². The second-order valence-electron chi connectivity index (χ2n) is 7.93. The molecule has 4 aromatic rings. The van der Waals surface area contributed by atoms with Gasteiger partial charge in [0.25, 0.3) is 5.91 Å². The van der Waals surface area contributed by atoms with Crippen LogP contribution in [0.25, 0.3) is 21.3 Å². The van der Waals surface area contributed by atoms with E-state index in [-0.39, 0.29) is 11.7 Å². The number of rotatable bonds is 9. The number of halogens is 1. The van der Waals surface area contributed by atoms with E-state index in [4.69, 9.17) is 0 Å². The number of aromatic nitrogens is 2. The molecule has 34 heavy (non-hydrogen) atoms. The van der Waals surface area contributed by atoms with Gasteiger partial charge in [0.2, 0.25) is 0 Å². The molecular formula is C26H28FN5OS. The first-order valence-corrected chi connectivity index (χ1v) is 12.2. The number of aryl methyl sites for hydroxylation is 1. The Morgan fingerprint density at radius 1 is 1.03 bits per heavy atom. The number of amides is 1. The molecule has 2 N–H and O–H groups in total. The third kappa shape index (κ3) is 5.24. The van der Waals surface area contributed by atoms with Gasteiger partial charge in [0, 0.05) is 34.8 Å². The first kappa shape index (κ1) is 23.8. The average Bonchev–Trinajstić information content (AvgIpc) is 3.19. The molecule has 0 aliphatic carbocycles. The van der Waals surface area contributed by atoms with Crippen molar-refractivity contribution >= 4 is 39.0 Å². The number of carbonyl (C=O) groups is 1. The maximum Gasteiger partial charge on any atom is 0.251 e. The summed E-state index contributed by atoms with van der Waals surface area (Å²) in [6.07, 6.45) is 1.53. The van der Waals surface area contributed by atoms with E-state index >= 15 is 0 Å². The molecule has 176 valence electrons. The Bertz CT molecular complexity index is 1270. The standard InChI is InChI=1S/C26H28FN5OS/c1-4-32(5-2)15-14-28-25(33)19-8-12-21(13-9-19)31-24-23-22(18-6-10-20(27)11-7-18)17(3)34-26(23)30-16-29-24/h6-13,16H,4-5,14-15H2,1-3H3,(H,28,33)(H,29,30,31). The summed E-state index contributed by atoms with van der Waals surface area (Å²) in [6.45, 7) is 9.64. The van der Waals surface area contributed by atoms with Crippen molar-refractivity contribution in [1.82, 2.24) is 20.2 Å². The van der Waals surface area contributed by atoms with Gasteiger partial charge in [0.1, 0.15) is 22.8 Å². The number of nitrogens with zero attached hydrogens (tertiary/aromatic N) is 3. The summed E-state index contributed by atoms with van der Waals surface area (Å²) in [6, 6.07) is 13.8. The lowest BCUT2D eigenvalue weighted by atomic mass is 10.0.